The molecule has 2 saturated heterocycles. The Bertz CT molecular complexity index is 857. The highest BCUT2D eigenvalue weighted by Gasteiger charge is 2.42. The molecule has 0 bridgehead atoms. The van der Waals surface area contributed by atoms with Crippen molar-refractivity contribution in [3.05, 3.63) is 30.1 Å². The Kier molecular flexibility index (Phi) is 4.21. The maximum Gasteiger partial charge on any atom is 0.242 e. The van der Waals surface area contributed by atoms with Crippen LogP contribution in [0.5, 0.6) is 0 Å². The number of likely N-dealkylation sites (N-methyl/N-ethyl adjacent to an activating group) is 1. The van der Waals surface area contributed by atoms with Crippen molar-refractivity contribution in [2.75, 3.05) is 20.1 Å². The number of para-hydroxylation sites is 2. The van der Waals surface area contributed by atoms with Crippen LogP contribution in [0.25, 0.3) is 11.0 Å². The largest absolute Gasteiger partial charge is 0.341 e. The molecule has 3 heterocycles. The van der Waals surface area contributed by atoms with Crippen LogP contribution in [0.1, 0.15) is 38.4 Å². The van der Waals surface area contributed by atoms with E-state index in [0.29, 0.717) is 25.4 Å². The summed E-state index contributed by atoms with van der Waals surface area (Å²) in [5, 5.41) is 0. The number of benzene rings is 1. The van der Waals surface area contributed by atoms with Gasteiger partial charge < -0.3 is 14.4 Å². The summed E-state index contributed by atoms with van der Waals surface area (Å²) in [5.74, 6) is 1.91. The van der Waals surface area contributed by atoms with E-state index in [-0.39, 0.29) is 23.8 Å². The normalized spacial score (nSPS) is 23.2. The summed E-state index contributed by atoms with van der Waals surface area (Å²) in [4.78, 5) is 33.5. The SMILES string of the molecule is CC(C)c1nc2ccccc2n1CC(=O)N1CC[C@@H]2CC(=O)N(C)[C@@H]2C1. The van der Waals surface area contributed by atoms with Crippen molar-refractivity contribution in [3.63, 3.8) is 0 Å². The first kappa shape index (κ1) is 17.1. The van der Waals surface area contributed by atoms with Gasteiger partial charge in [0.15, 0.2) is 0 Å². The number of imidazole rings is 1. The van der Waals surface area contributed by atoms with E-state index in [0.717, 1.165) is 29.8 Å². The average Bonchev–Trinajstić information content (AvgIpc) is 3.13. The third-order valence-electron chi connectivity index (χ3n) is 5.90. The van der Waals surface area contributed by atoms with Gasteiger partial charge in [0.2, 0.25) is 11.8 Å². The summed E-state index contributed by atoms with van der Waals surface area (Å²) in [7, 11) is 1.86. The number of hydrogen-bond acceptors (Lipinski definition) is 3. The highest BCUT2D eigenvalue weighted by molar-refractivity contribution is 5.82. The summed E-state index contributed by atoms with van der Waals surface area (Å²) in [6.07, 6.45) is 1.54. The lowest BCUT2D eigenvalue weighted by molar-refractivity contribution is -0.135. The Labute approximate surface area is 153 Å². The topological polar surface area (TPSA) is 58.4 Å². The number of hydrogen-bond donors (Lipinski definition) is 0. The quantitative estimate of drug-likeness (QED) is 0.849. The van der Waals surface area contributed by atoms with Crippen molar-refractivity contribution < 1.29 is 9.59 Å². The van der Waals surface area contributed by atoms with Gasteiger partial charge in [-0.05, 0) is 24.5 Å². The van der Waals surface area contributed by atoms with Crippen LogP contribution in [-0.2, 0) is 16.1 Å². The number of rotatable bonds is 3. The molecular weight excluding hydrogens is 328 g/mol. The molecule has 2 aromatic rings. The molecule has 6 heteroatoms. The molecule has 2 aliphatic rings. The fourth-order valence-corrected chi connectivity index (χ4v) is 4.37. The van der Waals surface area contributed by atoms with Crippen LogP contribution in [0, 0.1) is 5.92 Å². The average molecular weight is 354 g/mol. The molecule has 2 fully saturated rings. The summed E-state index contributed by atoms with van der Waals surface area (Å²) >= 11 is 0. The first-order valence-electron chi connectivity index (χ1n) is 9.44. The van der Waals surface area contributed by atoms with Crippen LogP contribution in [0.3, 0.4) is 0 Å². The lowest BCUT2D eigenvalue weighted by atomic mass is 9.92. The van der Waals surface area contributed by atoms with Gasteiger partial charge in [-0.3, -0.25) is 9.59 Å². The predicted octanol–water partition coefficient (Wildman–Crippen LogP) is 2.24. The van der Waals surface area contributed by atoms with Crippen LogP contribution >= 0.6 is 0 Å². The number of likely N-dealkylation sites (tertiary alicyclic amines) is 2. The molecule has 2 amide bonds. The van der Waals surface area contributed by atoms with Crippen molar-refractivity contribution in [2.24, 2.45) is 5.92 Å². The van der Waals surface area contributed by atoms with Crippen molar-refractivity contribution in [2.45, 2.75) is 45.2 Å². The number of aromatic nitrogens is 2. The molecule has 4 rings (SSSR count). The Morgan fingerprint density at radius 2 is 2.08 bits per heavy atom. The van der Waals surface area contributed by atoms with E-state index in [1.54, 1.807) is 0 Å². The summed E-state index contributed by atoms with van der Waals surface area (Å²) < 4.78 is 2.05. The van der Waals surface area contributed by atoms with E-state index in [9.17, 15) is 9.59 Å². The third-order valence-corrected chi connectivity index (χ3v) is 5.90. The lowest BCUT2D eigenvalue weighted by Crippen LogP contribution is -2.50. The molecule has 0 radical (unpaired) electrons. The monoisotopic (exact) mass is 354 g/mol. The fraction of sp³-hybridized carbons (Fsp3) is 0.550. The molecule has 1 aromatic carbocycles. The Morgan fingerprint density at radius 1 is 1.31 bits per heavy atom. The second-order valence-electron chi connectivity index (χ2n) is 7.86. The van der Waals surface area contributed by atoms with E-state index in [1.165, 1.54) is 0 Å². The van der Waals surface area contributed by atoms with Gasteiger partial charge in [-0.25, -0.2) is 4.98 Å². The van der Waals surface area contributed by atoms with Crippen LogP contribution in [-0.4, -0.2) is 57.3 Å². The summed E-state index contributed by atoms with van der Waals surface area (Å²) in [5.41, 5.74) is 1.94. The second kappa shape index (κ2) is 6.41. The number of amides is 2. The van der Waals surface area contributed by atoms with E-state index in [4.69, 9.17) is 4.98 Å². The second-order valence-corrected chi connectivity index (χ2v) is 7.86. The van der Waals surface area contributed by atoms with Gasteiger partial charge in [0, 0.05) is 32.5 Å². The van der Waals surface area contributed by atoms with Gasteiger partial charge in [-0.15, -0.1) is 0 Å². The number of fused-ring (bicyclic) bond motifs is 2. The third kappa shape index (κ3) is 2.77. The van der Waals surface area contributed by atoms with Gasteiger partial charge in [0.1, 0.15) is 12.4 Å². The first-order chi connectivity index (χ1) is 12.5. The zero-order chi connectivity index (χ0) is 18.4. The number of piperidine rings is 1. The highest BCUT2D eigenvalue weighted by atomic mass is 16.2. The van der Waals surface area contributed by atoms with Crippen molar-refractivity contribution in [1.82, 2.24) is 19.4 Å². The molecule has 0 saturated carbocycles. The summed E-state index contributed by atoms with van der Waals surface area (Å²) in [6.45, 7) is 5.91. The van der Waals surface area contributed by atoms with Crippen LogP contribution in [0.15, 0.2) is 24.3 Å². The molecule has 2 atom stereocenters. The zero-order valence-corrected chi connectivity index (χ0v) is 15.7. The van der Waals surface area contributed by atoms with Gasteiger partial charge in [0.25, 0.3) is 0 Å². The predicted molar refractivity (Wildman–Crippen MR) is 99.7 cm³/mol. The Hall–Kier alpha value is -2.37. The molecule has 0 unspecified atom stereocenters. The highest BCUT2D eigenvalue weighted by Crippen LogP contribution is 2.31. The van der Waals surface area contributed by atoms with Gasteiger partial charge in [-0.1, -0.05) is 26.0 Å². The Balaban J connectivity index is 1.56. The van der Waals surface area contributed by atoms with E-state index in [2.05, 4.69) is 18.4 Å². The van der Waals surface area contributed by atoms with Crippen LogP contribution in [0.4, 0.5) is 0 Å². The van der Waals surface area contributed by atoms with Crippen molar-refractivity contribution in [1.29, 1.82) is 0 Å². The number of nitrogens with zero attached hydrogens (tertiary/aromatic N) is 4. The smallest absolute Gasteiger partial charge is 0.242 e. The molecular formula is C20H26N4O2. The molecule has 26 heavy (non-hydrogen) atoms. The minimum atomic E-state index is 0.112. The molecule has 1 aromatic heterocycles. The molecule has 0 aliphatic carbocycles. The van der Waals surface area contributed by atoms with Crippen LogP contribution in [0.2, 0.25) is 0 Å². The molecule has 2 aliphatic heterocycles. The maximum atomic E-state index is 13.0. The van der Waals surface area contributed by atoms with Gasteiger partial charge in [0.05, 0.1) is 17.1 Å². The minimum absolute atomic E-state index is 0.112. The van der Waals surface area contributed by atoms with Crippen molar-refractivity contribution in [3.8, 4) is 0 Å². The number of carbonyl (C=O) groups is 2. The molecule has 6 nitrogen and oxygen atoms in total. The number of carbonyl (C=O) groups excluding carboxylic acids is 2. The first-order valence-corrected chi connectivity index (χ1v) is 9.44. The molecule has 0 N–H and O–H groups in total. The van der Waals surface area contributed by atoms with E-state index >= 15 is 0 Å². The van der Waals surface area contributed by atoms with Gasteiger partial charge in [-0.2, -0.15) is 0 Å². The Morgan fingerprint density at radius 3 is 2.85 bits per heavy atom. The lowest BCUT2D eigenvalue weighted by Gasteiger charge is -2.37. The minimum Gasteiger partial charge on any atom is -0.341 e. The maximum absolute atomic E-state index is 13.0. The molecule has 138 valence electrons. The zero-order valence-electron chi connectivity index (χ0n) is 15.7. The van der Waals surface area contributed by atoms with Crippen molar-refractivity contribution >= 4 is 22.8 Å². The standard InChI is InChI=1S/C20H26N4O2/c1-13(2)20-21-15-6-4-5-7-16(15)24(20)12-19(26)23-9-8-14-10-18(25)22(3)17(14)11-23/h4-7,13-14,17H,8-12H2,1-3H3/t14-,17-/m1/s1. The van der Waals surface area contributed by atoms with E-state index < -0.39 is 0 Å². The fourth-order valence-electron chi connectivity index (χ4n) is 4.37. The van der Waals surface area contributed by atoms with E-state index in [1.807, 2.05) is 41.1 Å². The summed E-state index contributed by atoms with van der Waals surface area (Å²) in [6, 6.07) is 8.15. The van der Waals surface area contributed by atoms with Gasteiger partial charge >= 0.3 is 0 Å². The van der Waals surface area contributed by atoms with Crippen LogP contribution < -0.4 is 0 Å². The molecule has 0 spiro atoms.